The molecule has 2 saturated heterocycles. The van der Waals surface area contributed by atoms with E-state index in [1.807, 2.05) is 0 Å². The number of unbranched alkanes of at least 4 members (excludes halogenated alkanes) is 1. The van der Waals surface area contributed by atoms with E-state index in [0.717, 1.165) is 25.4 Å². The third kappa shape index (κ3) is 4.75. The predicted molar refractivity (Wildman–Crippen MR) is 76.5 cm³/mol. The third-order valence-electron chi connectivity index (χ3n) is 4.44. The first kappa shape index (κ1) is 14.8. The van der Waals surface area contributed by atoms with Crippen molar-refractivity contribution in [3.8, 4) is 0 Å². The number of hydrogen-bond acceptors (Lipinski definition) is 4. The molecule has 1 amide bonds. The highest BCUT2D eigenvalue weighted by atomic mass is 16.2. The number of nitrogens with two attached hydrogens (primary N) is 1. The van der Waals surface area contributed by atoms with Crippen LogP contribution in [-0.2, 0) is 4.79 Å². The first-order valence-corrected chi connectivity index (χ1v) is 7.75. The molecule has 0 aliphatic carbocycles. The SMILES string of the molecule is NNC(=O)CCCCN1CCC(N2CCCCC2)C1. The maximum Gasteiger partial charge on any atom is 0.233 e. The molecule has 0 saturated carbocycles. The summed E-state index contributed by atoms with van der Waals surface area (Å²) in [4.78, 5) is 16.3. The van der Waals surface area contributed by atoms with Gasteiger partial charge in [0, 0.05) is 19.0 Å². The van der Waals surface area contributed by atoms with Crippen molar-refractivity contribution < 1.29 is 4.79 Å². The maximum atomic E-state index is 11.0. The van der Waals surface area contributed by atoms with Crippen LogP contribution < -0.4 is 11.3 Å². The summed E-state index contributed by atoms with van der Waals surface area (Å²) in [5.74, 6) is 5.01. The molecule has 1 unspecified atom stereocenters. The lowest BCUT2D eigenvalue weighted by Gasteiger charge is -2.32. The fourth-order valence-electron chi connectivity index (χ4n) is 3.29. The Morgan fingerprint density at radius 3 is 2.68 bits per heavy atom. The van der Waals surface area contributed by atoms with E-state index >= 15 is 0 Å². The average molecular weight is 268 g/mol. The van der Waals surface area contributed by atoms with Gasteiger partial charge in [0.15, 0.2) is 0 Å². The summed E-state index contributed by atoms with van der Waals surface area (Å²) in [6.07, 6.45) is 8.09. The van der Waals surface area contributed by atoms with Crippen molar-refractivity contribution in [2.75, 3.05) is 32.7 Å². The van der Waals surface area contributed by atoms with Crippen LogP contribution in [0.15, 0.2) is 0 Å². The van der Waals surface area contributed by atoms with Gasteiger partial charge in [-0.3, -0.25) is 15.1 Å². The van der Waals surface area contributed by atoms with Crippen molar-refractivity contribution >= 4 is 5.91 Å². The minimum absolute atomic E-state index is 0.0485. The molecular weight excluding hydrogens is 240 g/mol. The molecule has 0 aromatic rings. The second-order valence-electron chi connectivity index (χ2n) is 5.86. The van der Waals surface area contributed by atoms with E-state index in [-0.39, 0.29) is 5.91 Å². The molecule has 5 heteroatoms. The Labute approximate surface area is 116 Å². The molecule has 2 fully saturated rings. The molecule has 2 aliphatic heterocycles. The third-order valence-corrected chi connectivity index (χ3v) is 4.44. The lowest BCUT2D eigenvalue weighted by Crippen LogP contribution is -2.40. The zero-order chi connectivity index (χ0) is 13.5. The van der Waals surface area contributed by atoms with Crippen LogP contribution in [-0.4, -0.2) is 54.5 Å². The highest BCUT2D eigenvalue weighted by Gasteiger charge is 2.27. The van der Waals surface area contributed by atoms with Crippen LogP contribution in [0.2, 0.25) is 0 Å². The number of nitrogens with zero attached hydrogens (tertiary/aromatic N) is 2. The van der Waals surface area contributed by atoms with Crippen LogP contribution >= 0.6 is 0 Å². The Morgan fingerprint density at radius 2 is 1.95 bits per heavy atom. The molecule has 2 aliphatic rings. The molecule has 19 heavy (non-hydrogen) atoms. The van der Waals surface area contributed by atoms with E-state index in [1.165, 1.54) is 51.9 Å². The summed E-state index contributed by atoms with van der Waals surface area (Å²) in [7, 11) is 0. The van der Waals surface area contributed by atoms with Crippen molar-refractivity contribution in [1.29, 1.82) is 0 Å². The summed E-state index contributed by atoms with van der Waals surface area (Å²) in [6.45, 7) is 6.18. The summed E-state index contributed by atoms with van der Waals surface area (Å²) in [5, 5.41) is 0. The van der Waals surface area contributed by atoms with Crippen molar-refractivity contribution in [3.63, 3.8) is 0 Å². The Kier molecular flexibility index (Phi) is 6.07. The molecule has 110 valence electrons. The minimum Gasteiger partial charge on any atom is -0.302 e. The molecule has 2 heterocycles. The van der Waals surface area contributed by atoms with Gasteiger partial charge in [-0.2, -0.15) is 0 Å². The fraction of sp³-hybridized carbons (Fsp3) is 0.929. The lowest BCUT2D eigenvalue weighted by molar-refractivity contribution is -0.121. The summed E-state index contributed by atoms with van der Waals surface area (Å²) >= 11 is 0. The van der Waals surface area contributed by atoms with E-state index in [9.17, 15) is 4.79 Å². The van der Waals surface area contributed by atoms with Crippen LogP contribution in [0.4, 0.5) is 0 Å². The normalized spacial score (nSPS) is 25.6. The van der Waals surface area contributed by atoms with Crippen LogP contribution in [0.25, 0.3) is 0 Å². The van der Waals surface area contributed by atoms with Gasteiger partial charge in [-0.25, -0.2) is 5.84 Å². The second-order valence-corrected chi connectivity index (χ2v) is 5.86. The molecular formula is C14H28N4O. The van der Waals surface area contributed by atoms with Crippen molar-refractivity contribution in [2.24, 2.45) is 5.84 Å². The number of piperidine rings is 1. The summed E-state index contributed by atoms with van der Waals surface area (Å²) in [6, 6.07) is 0.785. The zero-order valence-corrected chi connectivity index (χ0v) is 11.9. The van der Waals surface area contributed by atoms with Gasteiger partial charge in [-0.05, 0) is 58.3 Å². The van der Waals surface area contributed by atoms with Crippen LogP contribution in [0.1, 0.15) is 44.9 Å². The molecule has 0 radical (unpaired) electrons. The molecule has 3 N–H and O–H groups in total. The predicted octanol–water partition coefficient (Wildman–Crippen LogP) is 0.707. The Bertz CT molecular complexity index is 279. The molecule has 0 aromatic carbocycles. The molecule has 0 aromatic heterocycles. The topological polar surface area (TPSA) is 61.6 Å². The Balaban J connectivity index is 1.58. The van der Waals surface area contributed by atoms with Crippen LogP contribution in [0, 0.1) is 0 Å². The minimum atomic E-state index is -0.0485. The van der Waals surface area contributed by atoms with Gasteiger partial charge in [-0.1, -0.05) is 6.42 Å². The quantitative estimate of drug-likeness (QED) is 0.322. The molecule has 2 rings (SSSR count). The second kappa shape index (κ2) is 7.82. The molecule has 0 spiro atoms. The number of likely N-dealkylation sites (tertiary alicyclic amines) is 2. The van der Waals surface area contributed by atoms with Crippen molar-refractivity contribution in [3.05, 3.63) is 0 Å². The Morgan fingerprint density at radius 1 is 1.16 bits per heavy atom. The Hall–Kier alpha value is -0.650. The number of hydrazine groups is 1. The molecule has 5 nitrogen and oxygen atoms in total. The zero-order valence-electron chi connectivity index (χ0n) is 11.9. The number of nitrogens with one attached hydrogen (secondary N) is 1. The summed E-state index contributed by atoms with van der Waals surface area (Å²) in [5.41, 5.74) is 2.18. The van der Waals surface area contributed by atoms with Gasteiger partial charge in [0.25, 0.3) is 0 Å². The van der Waals surface area contributed by atoms with E-state index in [1.54, 1.807) is 0 Å². The van der Waals surface area contributed by atoms with E-state index in [0.29, 0.717) is 6.42 Å². The van der Waals surface area contributed by atoms with Crippen LogP contribution in [0.3, 0.4) is 0 Å². The van der Waals surface area contributed by atoms with Crippen molar-refractivity contribution in [1.82, 2.24) is 15.2 Å². The van der Waals surface area contributed by atoms with Gasteiger partial charge in [0.05, 0.1) is 0 Å². The molecule has 1 atom stereocenters. The first-order valence-electron chi connectivity index (χ1n) is 7.75. The van der Waals surface area contributed by atoms with Gasteiger partial charge in [-0.15, -0.1) is 0 Å². The number of hydrogen-bond donors (Lipinski definition) is 2. The maximum absolute atomic E-state index is 11.0. The average Bonchev–Trinajstić information content (AvgIpc) is 2.93. The highest BCUT2D eigenvalue weighted by Crippen LogP contribution is 2.20. The monoisotopic (exact) mass is 268 g/mol. The van der Waals surface area contributed by atoms with Gasteiger partial charge < -0.3 is 4.90 Å². The first-order chi connectivity index (χ1) is 9.29. The summed E-state index contributed by atoms with van der Waals surface area (Å²) < 4.78 is 0. The van der Waals surface area contributed by atoms with E-state index < -0.39 is 0 Å². The smallest absolute Gasteiger partial charge is 0.233 e. The number of amides is 1. The largest absolute Gasteiger partial charge is 0.302 e. The lowest BCUT2D eigenvalue weighted by atomic mass is 10.1. The standard InChI is InChI=1S/C14H28N4O/c15-16-14(19)6-2-5-8-17-11-7-13(12-17)18-9-3-1-4-10-18/h13H,1-12,15H2,(H,16,19). The van der Waals surface area contributed by atoms with Gasteiger partial charge >= 0.3 is 0 Å². The van der Waals surface area contributed by atoms with Crippen molar-refractivity contribution in [2.45, 2.75) is 51.0 Å². The number of rotatable bonds is 6. The van der Waals surface area contributed by atoms with E-state index in [2.05, 4.69) is 15.2 Å². The number of carbonyl (C=O) groups is 1. The van der Waals surface area contributed by atoms with Crippen LogP contribution in [0.5, 0.6) is 0 Å². The van der Waals surface area contributed by atoms with Gasteiger partial charge in [0.2, 0.25) is 5.91 Å². The van der Waals surface area contributed by atoms with E-state index in [4.69, 9.17) is 5.84 Å². The molecule has 0 bridgehead atoms. The fourth-order valence-corrected chi connectivity index (χ4v) is 3.29. The number of carbonyl (C=O) groups excluding carboxylic acids is 1. The highest BCUT2D eigenvalue weighted by molar-refractivity contribution is 5.75. The van der Waals surface area contributed by atoms with Gasteiger partial charge in [0.1, 0.15) is 0 Å².